The van der Waals surface area contributed by atoms with E-state index in [1.165, 1.54) is 5.09 Å². The number of rotatable bonds is 3. The summed E-state index contributed by atoms with van der Waals surface area (Å²) in [5.41, 5.74) is 0. The summed E-state index contributed by atoms with van der Waals surface area (Å²) in [5.74, 6) is -1.31. The first-order valence-corrected chi connectivity index (χ1v) is 3.55. The summed E-state index contributed by atoms with van der Waals surface area (Å²) in [5, 5.41) is 9.36. The smallest absolute Gasteiger partial charge is 0.400 e. The zero-order chi connectivity index (χ0) is 7.49. The van der Waals surface area contributed by atoms with Crippen LogP contribution in [0.4, 0.5) is 0 Å². The number of carboxylic acid groups (broad SMARTS) is 1. The van der Waals surface area contributed by atoms with Gasteiger partial charge in [-0.1, -0.05) is 0 Å². The number of carbonyl (C=O) groups is 1. The van der Waals surface area contributed by atoms with Gasteiger partial charge in [0, 0.05) is 0 Å². The van der Waals surface area contributed by atoms with Gasteiger partial charge >= 0.3 is 13.7 Å². The predicted octanol–water partition coefficient (Wildman–Crippen LogP) is -1.25. The van der Waals surface area contributed by atoms with E-state index in [9.17, 15) is 9.36 Å². The molecule has 6 nitrogen and oxygen atoms in total. The molecule has 0 amide bonds. The van der Waals surface area contributed by atoms with Gasteiger partial charge < -0.3 is 14.9 Å². The molecule has 0 saturated carbocycles. The van der Waals surface area contributed by atoms with Crippen molar-refractivity contribution in [2.24, 2.45) is 0 Å². The van der Waals surface area contributed by atoms with E-state index in [1.54, 1.807) is 0 Å². The summed E-state index contributed by atoms with van der Waals surface area (Å²) in [6.45, 7) is -0.732. The van der Waals surface area contributed by atoms with Crippen LogP contribution in [0.5, 0.6) is 0 Å². The lowest BCUT2D eigenvalue weighted by atomic mass is 10.7. The van der Waals surface area contributed by atoms with Gasteiger partial charge in [0.05, 0.1) is 0 Å². The van der Waals surface area contributed by atoms with Crippen LogP contribution >= 0.6 is 7.75 Å². The third kappa shape index (κ3) is 7.58. The van der Waals surface area contributed by atoms with Crippen LogP contribution in [0.2, 0.25) is 0 Å². The quantitative estimate of drug-likeness (QED) is 0.301. The average Bonchev–Trinajstić information content (AvgIpc) is 1.59. The summed E-state index contributed by atoms with van der Waals surface area (Å²) < 4.78 is 9.86. The molecule has 0 aromatic carbocycles. The van der Waals surface area contributed by atoms with Crippen molar-refractivity contribution in [3.63, 3.8) is 0 Å². The van der Waals surface area contributed by atoms with Gasteiger partial charge in [-0.2, -0.15) is 0 Å². The Kier molecular flexibility index (Phi) is 2.80. The van der Waals surface area contributed by atoms with Gasteiger partial charge in [-0.05, 0) is 0 Å². The van der Waals surface area contributed by atoms with Crippen LogP contribution in [0.3, 0.4) is 0 Å². The molecule has 4 N–H and O–H groups in total. The lowest BCUT2D eigenvalue weighted by Gasteiger charge is -2.00. The lowest BCUT2D eigenvalue weighted by Crippen LogP contribution is -2.19. The van der Waals surface area contributed by atoms with E-state index in [2.05, 4.69) is 0 Å². The highest BCUT2D eigenvalue weighted by molar-refractivity contribution is 7.49. The number of carboxylic acids is 1. The summed E-state index contributed by atoms with van der Waals surface area (Å²) in [7, 11) is -4.35. The van der Waals surface area contributed by atoms with Crippen molar-refractivity contribution in [2.75, 3.05) is 6.54 Å². The molecule has 1 unspecified atom stereocenters. The fraction of sp³-hybridized carbons (Fsp3) is 0.500. The fourth-order valence-electron chi connectivity index (χ4n) is 0.171. The van der Waals surface area contributed by atoms with Gasteiger partial charge in [0.1, 0.15) is 6.54 Å². The molecule has 0 aliphatic rings. The Morgan fingerprint density at radius 1 is 1.78 bits per heavy atom. The summed E-state index contributed by atoms with van der Waals surface area (Å²) >= 11 is 0. The molecular weight excluding hydrogens is 151 g/mol. The summed E-state index contributed by atoms with van der Waals surface area (Å²) in [6.07, 6.45) is 0. The van der Waals surface area contributed by atoms with E-state index < -0.39 is 20.3 Å². The minimum Gasteiger partial charge on any atom is -0.480 e. The highest BCUT2D eigenvalue weighted by atomic mass is 31.2. The van der Waals surface area contributed by atoms with Crippen molar-refractivity contribution in [3.8, 4) is 0 Å². The summed E-state index contributed by atoms with van der Waals surface area (Å²) in [4.78, 5) is 25.6. The maximum absolute atomic E-state index is 9.86. The summed E-state index contributed by atoms with van der Waals surface area (Å²) in [6, 6.07) is 0. The Morgan fingerprint density at radius 3 is 2.33 bits per heavy atom. The van der Waals surface area contributed by atoms with Gasteiger partial charge in [0.25, 0.3) is 0 Å². The highest BCUT2D eigenvalue weighted by Gasteiger charge is 2.12. The SMILES string of the molecule is O=C(O)CNP(=O)(O)[18OH]. The molecule has 0 aliphatic heterocycles. The highest BCUT2D eigenvalue weighted by Crippen LogP contribution is 2.26. The van der Waals surface area contributed by atoms with E-state index in [-0.39, 0.29) is 0 Å². The molecule has 0 rings (SSSR count). The molecule has 0 spiro atoms. The first-order valence-electron chi connectivity index (χ1n) is 1.94. The molecule has 9 heavy (non-hydrogen) atoms. The third-order valence-electron chi connectivity index (χ3n) is 0.436. The largest absolute Gasteiger partial charge is 0.480 e. The van der Waals surface area contributed by atoms with Crippen molar-refractivity contribution in [3.05, 3.63) is 0 Å². The number of aliphatic carboxylic acids is 1. The van der Waals surface area contributed by atoms with E-state index in [0.717, 1.165) is 0 Å². The van der Waals surface area contributed by atoms with Crippen molar-refractivity contribution >= 4 is 13.7 Å². The molecule has 0 fully saturated rings. The van der Waals surface area contributed by atoms with E-state index >= 15 is 0 Å². The zero-order valence-electron chi connectivity index (χ0n) is 4.31. The second-order valence-corrected chi connectivity index (χ2v) is 2.68. The van der Waals surface area contributed by atoms with Crippen molar-refractivity contribution in [1.82, 2.24) is 5.09 Å². The molecule has 0 aromatic heterocycles. The zero-order valence-corrected chi connectivity index (χ0v) is 5.21. The standard InChI is InChI=1S/C2H6NO5P/c4-2(5)1-3-9(6,7)8/h1H2,(H,4,5)(H3,3,6,7,8)/i6+2. The monoisotopic (exact) mass is 157 g/mol. The van der Waals surface area contributed by atoms with Crippen LogP contribution in [-0.4, -0.2) is 27.4 Å². The third-order valence-corrected chi connectivity index (χ3v) is 1.01. The van der Waals surface area contributed by atoms with E-state index in [4.69, 9.17) is 14.9 Å². The van der Waals surface area contributed by atoms with Gasteiger partial charge in [0.2, 0.25) is 0 Å². The number of nitrogens with one attached hydrogen (secondary N) is 1. The van der Waals surface area contributed by atoms with Crippen LogP contribution in [0, 0.1) is 0 Å². The molecule has 7 heteroatoms. The molecule has 0 heterocycles. The van der Waals surface area contributed by atoms with Gasteiger partial charge in [-0.25, -0.2) is 9.65 Å². The maximum Gasteiger partial charge on any atom is 0.400 e. The normalized spacial score (nSPS) is 16.7. The maximum atomic E-state index is 9.86. The molecule has 0 saturated heterocycles. The lowest BCUT2D eigenvalue weighted by molar-refractivity contribution is -0.135. The van der Waals surface area contributed by atoms with Crippen LogP contribution in [0.1, 0.15) is 0 Å². The average molecular weight is 157 g/mol. The van der Waals surface area contributed by atoms with Crippen molar-refractivity contribution in [1.29, 1.82) is 0 Å². The minimum atomic E-state index is -4.35. The second kappa shape index (κ2) is 2.93. The molecule has 0 radical (unpaired) electrons. The van der Waals surface area contributed by atoms with Gasteiger partial charge in [-0.3, -0.25) is 4.79 Å². The minimum absolute atomic E-state index is 0.732. The Balaban J connectivity index is 3.53. The molecule has 0 aromatic rings. The predicted molar refractivity (Wildman–Crippen MR) is 27.7 cm³/mol. The first-order chi connectivity index (χ1) is 3.92. The molecule has 54 valence electrons. The Hall–Kier alpha value is -0.420. The van der Waals surface area contributed by atoms with E-state index in [1.807, 2.05) is 0 Å². The molecule has 0 bridgehead atoms. The Morgan fingerprint density at radius 2 is 2.22 bits per heavy atom. The van der Waals surface area contributed by atoms with Crippen LogP contribution in [-0.2, 0) is 9.36 Å². The van der Waals surface area contributed by atoms with Crippen LogP contribution in [0.25, 0.3) is 0 Å². The van der Waals surface area contributed by atoms with E-state index in [0.29, 0.717) is 0 Å². The number of hydrogen-bond acceptors (Lipinski definition) is 2. The first kappa shape index (κ1) is 8.58. The number of hydrogen-bond donors (Lipinski definition) is 4. The topological polar surface area (TPSA) is 107 Å². The Labute approximate surface area is 50.7 Å². The molecule has 1 atom stereocenters. The Bertz CT molecular complexity index is 149. The fourth-order valence-corrected chi connectivity index (χ4v) is 0.512. The van der Waals surface area contributed by atoms with Crippen molar-refractivity contribution < 1.29 is 24.3 Å². The van der Waals surface area contributed by atoms with Crippen LogP contribution in [0.15, 0.2) is 0 Å². The molecule has 0 aliphatic carbocycles. The van der Waals surface area contributed by atoms with Gasteiger partial charge in [0.15, 0.2) is 0 Å². The van der Waals surface area contributed by atoms with Crippen molar-refractivity contribution in [2.45, 2.75) is 0 Å². The second-order valence-electron chi connectivity index (χ2n) is 1.27. The molecular formula is C2H6NO5P. The van der Waals surface area contributed by atoms with Gasteiger partial charge in [-0.15, -0.1) is 0 Å². The van der Waals surface area contributed by atoms with Crippen LogP contribution < -0.4 is 5.09 Å².